The molecule has 0 unspecified atom stereocenters. The zero-order valence-corrected chi connectivity index (χ0v) is 17.4. The number of ether oxygens (including phenoxy) is 1. The third kappa shape index (κ3) is 6.38. The Bertz CT molecular complexity index is 1040. The molecule has 0 aliphatic heterocycles. The van der Waals surface area contributed by atoms with E-state index in [-0.39, 0.29) is 24.1 Å². The monoisotopic (exact) mass is 424 g/mol. The van der Waals surface area contributed by atoms with Crippen molar-refractivity contribution in [2.45, 2.75) is 25.6 Å². The second kappa shape index (κ2) is 10.5. The maximum atomic E-state index is 13.8. The number of nitrogens with one attached hydrogen (secondary N) is 1. The van der Waals surface area contributed by atoms with Crippen molar-refractivity contribution in [3.63, 3.8) is 0 Å². The smallest absolute Gasteiger partial charge is 0.250 e. The van der Waals surface area contributed by atoms with Gasteiger partial charge in [0.05, 0.1) is 12.0 Å². The average Bonchev–Trinajstić information content (AvgIpc) is 2.72. The largest absolute Gasteiger partial charge is 0.488 e. The lowest BCUT2D eigenvalue weighted by Crippen LogP contribution is -2.20. The van der Waals surface area contributed by atoms with Crippen LogP contribution >= 0.6 is 11.8 Å². The van der Waals surface area contributed by atoms with Crippen LogP contribution in [0.4, 0.5) is 4.39 Å². The van der Waals surface area contributed by atoms with Crippen LogP contribution < -0.4 is 10.2 Å². The number of amides is 1. The van der Waals surface area contributed by atoms with E-state index in [9.17, 15) is 9.18 Å². The van der Waals surface area contributed by atoms with Crippen molar-refractivity contribution >= 4 is 23.9 Å². The highest BCUT2D eigenvalue weighted by Crippen LogP contribution is 2.18. The second-order valence-electron chi connectivity index (χ2n) is 6.43. The fraction of sp³-hybridized carbons (Fsp3) is 0.182. The van der Waals surface area contributed by atoms with Gasteiger partial charge in [0.15, 0.2) is 5.16 Å². The first-order valence-electron chi connectivity index (χ1n) is 9.23. The number of aromatic nitrogens is 2. The molecule has 0 fully saturated rings. The van der Waals surface area contributed by atoms with Gasteiger partial charge in [0.1, 0.15) is 18.2 Å². The van der Waals surface area contributed by atoms with Gasteiger partial charge in [-0.15, -0.1) is 0 Å². The highest BCUT2D eigenvalue weighted by molar-refractivity contribution is 7.99. The molecular formula is C22H21FN4O2S. The molecular weight excluding hydrogens is 403 g/mol. The van der Waals surface area contributed by atoms with Crippen LogP contribution in [-0.4, -0.2) is 27.8 Å². The SMILES string of the molecule is Cc1cc(C)nc(SCC(=O)N/N=C\c2ccccc2OCc2ccccc2F)n1. The van der Waals surface area contributed by atoms with Gasteiger partial charge in [-0.25, -0.2) is 19.8 Å². The minimum absolute atomic E-state index is 0.0937. The minimum Gasteiger partial charge on any atom is -0.488 e. The molecule has 3 aromatic rings. The van der Waals surface area contributed by atoms with Crippen LogP contribution in [0.15, 0.2) is 64.9 Å². The molecule has 0 atom stereocenters. The summed E-state index contributed by atoms with van der Waals surface area (Å²) in [5.41, 5.74) is 5.32. The van der Waals surface area contributed by atoms with Crippen molar-refractivity contribution in [1.29, 1.82) is 0 Å². The van der Waals surface area contributed by atoms with Crippen molar-refractivity contribution in [3.8, 4) is 5.75 Å². The minimum atomic E-state index is -0.318. The number of nitrogens with zero attached hydrogens (tertiary/aromatic N) is 3. The number of benzene rings is 2. The number of thioether (sulfide) groups is 1. The molecule has 3 rings (SSSR count). The quantitative estimate of drug-likeness (QED) is 0.255. The third-order valence-electron chi connectivity index (χ3n) is 3.95. The lowest BCUT2D eigenvalue weighted by molar-refractivity contribution is -0.118. The molecule has 6 nitrogen and oxygen atoms in total. The summed E-state index contributed by atoms with van der Waals surface area (Å²) >= 11 is 1.24. The summed E-state index contributed by atoms with van der Waals surface area (Å²) in [6.07, 6.45) is 1.49. The first kappa shape index (κ1) is 21.4. The van der Waals surface area contributed by atoms with E-state index >= 15 is 0 Å². The number of rotatable bonds is 8. The maximum absolute atomic E-state index is 13.8. The Morgan fingerprint density at radius 1 is 1.13 bits per heavy atom. The molecule has 2 aromatic carbocycles. The van der Waals surface area contributed by atoms with Gasteiger partial charge in [-0.3, -0.25) is 4.79 Å². The van der Waals surface area contributed by atoms with Crippen LogP contribution in [0.1, 0.15) is 22.5 Å². The Balaban J connectivity index is 1.54. The van der Waals surface area contributed by atoms with Crippen LogP contribution in [0.2, 0.25) is 0 Å². The molecule has 1 N–H and O–H groups in total. The normalized spacial score (nSPS) is 10.9. The first-order chi connectivity index (χ1) is 14.5. The van der Waals surface area contributed by atoms with Crippen molar-refractivity contribution in [2.75, 3.05) is 5.75 Å². The third-order valence-corrected chi connectivity index (χ3v) is 4.79. The number of aryl methyl sites for hydroxylation is 2. The number of carbonyl (C=O) groups excluding carboxylic acids is 1. The van der Waals surface area contributed by atoms with Crippen LogP contribution in [0.25, 0.3) is 0 Å². The van der Waals surface area contributed by atoms with Crippen LogP contribution in [0.5, 0.6) is 5.75 Å². The van der Waals surface area contributed by atoms with Gasteiger partial charge in [-0.2, -0.15) is 5.10 Å². The Morgan fingerprint density at radius 2 is 1.83 bits per heavy atom. The van der Waals surface area contributed by atoms with Gasteiger partial charge in [-0.05, 0) is 38.1 Å². The Morgan fingerprint density at radius 3 is 2.60 bits per heavy atom. The van der Waals surface area contributed by atoms with E-state index in [1.54, 1.807) is 30.3 Å². The molecule has 0 spiro atoms. The molecule has 0 radical (unpaired) electrons. The molecule has 0 saturated carbocycles. The van der Waals surface area contributed by atoms with E-state index in [2.05, 4.69) is 20.5 Å². The van der Waals surface area contributed by atoms with Crippen molar-refractivity contribution in [1.82, 2.24) is 15.4 Å². The molecule has 1 amide bonds. The van der Waals surface area contributed by atoms with Gasteiger partial charge in [0.2, 0.25) is 0 Å². The van der Waals surface area contributed by atoms with Crippen molar-refractivity contribution < 1.29 is 13.9 Å². The van der Waals surface area contributed by atoms with Gasteiger partial charge in [0.25, 0.3) is 5.91 Å². The number of carbonyl (C=O) groups is 1. The van der Waals surface area contributed by atoms with Gasteiger partial charge in [0, 0.05) is 22.5 Å². The van der Waals surface area contributed by atoms with E-state index < -0.39 is 0 Å². The fourth-order valence-electron chi connectivity index (χ4n) is 2.58. The summed E-state index contributed by atoms with van der Waals surface area (Å²) in [4.78, 5) is 20.6. The number of halogens is 1. The summed E-state index contributed by atoms with van der Waals surface area (Å²) in [6.45, 7) is 3.86. The number of hydrazone groups is 1. The van der Waals surface area contributed by atoms with Crippen molar-refractivity contribution in [2.24, 2.45) is 5.10 Å². The molecule has 0 aliphatic carbocycles. The average molecular weight is 425 g/mol. The summed E-state index contributed by atoms with van der Waals surface area (Å²) in [5, 5.41) is 4.54. The zero-order chi connectivity index (χ0) is 21.3. The Hall–Kier alpha value is -3.26. The molecule has 0 bridgehead atoms. The Kier molecular flexibility index (Phi) is 7.51. The lowest BCUT2D eigenvalue weighted by atomic mass is 10.2. The number of para-hydroxylation sites is 1. The van der Waals surface area contributed by atoms with E-state index in [1.165, 1.54) is 24.0 Å². The molecule has 8 heteroatoms. The summed E-state index contributed by atoms with van der Waals surface area (Å²) in [7, 11) is 0. The first-order valence-corrected chi connectivity index (χ1v) is 10.2. The van der Waals surface area contributed by atoms with Crippen LogP contribution in [0.3, 0.4) is 0 Å². The molecule has 0 saturated heterocycles. The van der Waals surface area contributed by atoms with Crippen LogP contribution in [-0.2, 0) is 11.4 Å². The number of hydrogen-bond donors (Lipinski definition) is 1. The summed E-state index contributed by atoms with van der Waals surface area (Å²) in [6, 6.07) is 15.5. The predicted octanol–water partition coefficient (Wildman–Crippen LogP) is 4.05. The fourth-order valence-corrected chi connectivity index (χ4v) is 3.33. The molecule has 0 aliphatic rings. The van der Waals surface area contributed by atoms with Gasteiger partial charge in [-0.1, -0.05) is 42.1 Å². The zero-order valence-electron chi connectivity index (χ0n) is 16.6. The Labute approximate surface area is 178 Å². The summed E-state index contributed by atoms with van der Waals surface area (Å²) in [5.74, 6) is 0.0905. The second-order valence-corrected chi connectivity index (χ2v) is 7.38. The maximum Gasteiger partial charge on any atom is 0.250 e. The van der Waals surface area contributed by atoms with Gasteiger partial charge >= 0.3 is 0 Å². The molecule has 1 heterocycles. The molecule has 1 aromatic heterocycles. The summed E-state index contributed by atoms with van der Waals surface area (Å²) < 4.78 is 19.5. The molecule has 30 heavy (non-hydrogen) atoms. The number of hydrogen-bond acceptors (Lipinski definition) is 6. The van der Waals surface area contributed by atoms with E-state index in [4.69, 9.17) is 4.74 Å². The predicted molar refractivity (Wildman–Crippen MR) is 115 cm³/mol. The van der Waals surface area contributed by atoms with E-state index in [1.807, 2.05) is 32.0 Å². The van der Waals surface area contributed by atoms with E-state index in [0.717, 1.165) is 11.4 Å². The standard InChI is InChI=1S/C22H21FN4O2S/c1-15-11-16(2)26-22(25-15)30-14-21(28)27-24-12-17-7-4-6-10-20(17)29-13-18-8-3-5-9-19(18)23/h3-12H,13-14H2,1-2H3,(H,27,28)/b24-12-. The van der Waals surface area contributed by atoms with E-state index in [0.29, 0.717) is 22.0 Å². The topological polar surface area (TPSA) is 76.5 Å². The van der Waals surface area contributed by atoms with Gasteiger partial charge < -0.3 is 4.74 Å². The highest BCUT2D eigenvalue weighted by Gasteiger charge is 2.07. The van der Waals surface area contributed by atoms with Crippen molar-refractivity contribution in [3.05, 3.63) is 82.9 Å². The molecule has 154 valence electrons. The van der Waals surface area contributed by atoms with Crippen LogP contribution in [0, 0.1) is 19.7 Å². The highest BCUT2D eigenvalue weighted by atomic mass is 32.2. The lowest BCUT2D eigenvalue weighted by Gasteiger charge is -2.09.